The molecule has 1 saturated carbocycles. The molecule has 0 aromatic heterocycles. The van der Waals surface area contributed by atoms with Gasteiger partial charge in [0.2, 0.25) is 0 Å². The minimum atomic E-state index is -1.12. The van der Waals surface area contributed by atoms with Crippen molar-refractivity contribution >= 4 is 24.0 Å². The zero-order chi connectivity index (χ0) is 15.8. The van der Waals surface area contributed by atoms with Crippen LogP contribution in [-0.4, -0.2) is 36.2 Å². The summed E-state index contributed by atoms with van der Waals surface area (Å²) in [5, 5.41) is 0. The van der Waals surface area contributed by atoms with Gasteiger partial charge in [-0.05, 0) is 6.42 Å². The van der Waals surface area contributed by atoms with Crippen LogP contribution >= 0.6 is 0 Å². The van der Waals surface area contributed by atoms with Gasteiger partial charge < -0.3 is 14.3 Å². The zero-order valence-electron chi connectivity index (χ0n) is 12.5. The number of unbranched alkanes of at least 4 members (excludes halogenated alkanes) is 3. The second-order valence-corrected chi connectivity index (χ2v) is 5.25. The fourth-order valence-corrected chi connectivity index (χ4v) is 2.39. The first kappa shape index (κ1) is 17.3. The number of carbonyl (C=O) groups is 4. The minimum Gasteiger partial charge on any atom is -0.461 e. The van der Waals surface area contributed by atoms with Gasteiger partial charge >= 0.3 is 11.9 Å². The van der Waals surface area contributed by atoms with Crippen molar-refractivity contribution in [3.05, 3.63) is 0 Å². The Morgan fingerprint density at radius 3 is 2.52 bits per heavy atom. The van der Waals surface area contributed by atoms with Crippen molar-refractivity contribution in [2.24, 2.45) is 5.92 Å². The molecule has 1 aliphatic rings. The quantitative estimate of drug-likeness (QED) is 0.384. The van der Waals surface area contributed by atoms with Gasteiger partial charge in [-0.3, -0.25) is 14.4 Å². The van der Waals surface area contributed by atoms with Crippen LogP contribution in [0.1, 0.15) is 52.4 Å². The maximum Gasteiger partial charge on any atom is 0.306 e. The average Bonchev–Trinajstić information content (AvgIpc) is 2.69. The van der Waals surface area contributed by atoms with Crippen LogP contribution in [0.25, 0.3) is 0 Å². The third kappa shape index (κ3) is 5.28. The Morgan fingerprint density at radius 2 is 1.95 bits per heavy atom. The molecule has 0 bridgehead atoms. The van der Waals surface area contributed by atoms with Crippen LogP contribution in [0.2, 0.25) is 0 Å². The summed E-state index contributed by atoms with van der Waals surface area (Å²) in [7, 11) is 0. The maximum absolute atomic E-state index is 11.8. The van der Waals surface area contributed by atoms with E-state index < -0.39 is 30.1 Å². The van der Waals surface area contributed by atoms with E-state index in [-0.39, 0.29) is 18.6 Å². The smallest absolute Gasteiger partial charge is 0.306 e. The molecular formula is C15H22O6. The van der Waals surface area contributed by atoms with E-state index in [0.29, 0.717) is 12.7 Å². The van der Waals surface area contributed by atoms with Crippen LogP contribution in [-0.2, 0) is 28.7 Å². The van der Waals surface area contributed by atoms with Crippen molar-refractivity contribution in [2.45, 2.75) is 64.6 Å². The number of aldehydes is 1. The van der Waals surface area contributed by atoms with Crippen LogP contribution in [0.4, 0.5) is 0 Å². The summed E-state index contributed by atoms with van der Waals surface area (Å²) >= 11 is 0. The van der Waals surface area contributed by atoms with E-state index >= 15 is 0 Å². The number of esters is 2. The molecule has 3 atom stereocenters. The summed E-state index contributed by atoms with van der Waals surface area (Å²) < 4.78 is 10.0. The van der Waals surface area contributed by atoms with Gasteiger partial charge in [0, 0.05) is 19.8 Å². The van der Waals surface area contributed by atoms with E-state index in [1.807, 2.05) is 0 Å². The number of carbonyl (C=O) groups excluding carboxylic acids is 4. The number of hydrogen-bond acceptors (Lipinski definition) is 6. The Labute approximate surface area is 124 Å². The first-order chi connectivity index (χ1) is 9.99. The SMILES string of the molecule is CCCCCCC(=O)OC1C(=O)CC(OC(C)=O)C1C=O. The first-order valence-corrected chi connectivity index (χ1v) is 7.34. The van der Waals surface area contributed by atoms with E-state index in [9.17, 15) is 19.2 Å². The lowest BCUT2D eigenvalue weighted by Gasteiger charge is -2.18. The molecule has 3 unspecified atom stereocenters. The van der Waals surface area contributed by atoms with Crippen molar-refractivity contribution in [3.63, 3.8) is 0 Å². The molecule has 6 heteroatoms. The molecule has 0 saturated heterocycles. The lowest BCUT2D eigenvalue weighted by atomic mass is 10.1. The molecule has 0 aromatic carbocycles. The van der Waals surface area contributed by atoms with Gasteiger partial charge in [0.15, 0.2) is 11.9 Å². The lowest BCUT2D eigenvalue weighted by molar-refractivity contribution is -0.158. The van der Waals surface area contributed by atoms with Gasteiger partial charge in [-0.2, -0.15) is 0 Å². The fraction of sp³-hybridized carbons (Fsp3) is 0.733. The predicted molar refractivity (Wildman–Crippen MR) is 73.4 cm³/mol. The van der Waals surface area contributed by atoms with Crippen molar-refractivity contribution < 1.29 is 28.7 Å². The monoisotopic (exact) mass is 298 g/mol. The highest BCUT2D eigenvalue weighted by atomic mass is 16.6. The summed E-state index contributed by atoms with van der Waals surface area (Å²) in [6, 6.07) is 0. The molecule has 0 aliphatic heterocycles. The number of ketones is 1. The Hall–Kier alpha value is -1.72. The molecule has 0 heterocycles. The lowest BCUT2D eigenvalue weighted by Crippen LogP contribution is -2.33. The van der Waals surface area contributed by atoms with Crippen molar-refractivity contribution in [1.82, 2.24) is 0 Å². The van der Waals surface area contributed by atoms with E-state index in [0.717, 1.165) is 19.3 Å². The van der Waals surface area contributed by atoms with Gasteiger partial charge in [-0.25, -0.2) is 0 Å². The zero-order valence-corrected chi connectivity index (χ0v) is 12.5. The van der Waals surface area contributed by atoms with Gasteiger partial charge in [0.05, 0.1) is 5.92 Å². The van der Waals surface area contributed by atoms with Gasteiger partial charge in [-0.1, -0.05) is 26.2 Å². The Bertz CT molecular complexity index is 403. The first-order valence-electron chi connectivity index (χ1n) is 7.34. The summed E-state index contributed by atoms with van der Waals surface area (Å²) in [6.45, 7) is 3.28. The number of Topliss-reactive ketones (excluding diaryl/α,β-unsaturated/α-hetero) is 1. The molecule has 0 aromatic rings. The highest BCUT2D eigenvalue weighted by molar-refractivity contribution is 5.92. The van der Waals surface area contributed by atoms with Gasteiger partial charge in [0.25, 0.3) is 0 Å². The van der Waals surface area contributed by atoms with E-state index in [1.54, 1.807) is 0 Å². The van der Waals surface area contributed by atoms with Crippen LogP contribution in [0.3, 0.4) is 0 Å². The minimum absolute atomic E-state index is 0.0865. The largest absolute Gasteiger partial charge is 0.461 e. The van der Waals surface area contributed by atoms with Crippen LogP contribution in [0, 0.1) is 5.92 Å². The molecule has 0 amide bonds. The molecule has 0 N–H and O–H groups in total. The molecular weight excluding hydrogens is 276 g/mol. The highest BCUT2D eigenvalue weighted by Gasteiger charge is 2.46. The van der Waals surface area contributed by atoms with E-state index in [4.69, 9.17) is 9.47 Å². The number of rotatable bonds is 8. The average molecular weight is 298 g/mol. The third-order valence-electron chi connectivity index (χ3n) is 3.47. The fourth-order valence-electron chi connectivity index (χ4n) is 2.39. The molecule has 0 spiro atoms. The highest BCUT2D eigenvalue weighted by Crippen LogP contribution is 2.28. The van der Waals surface area contributed by atoms with Gasteiger partial charge in [0.1, 0.15) is 12.4 Å². The molecule has 1 fully saturated rings. The molecule has 0 radical (unpaired) electrons. The second kappa shape index (κ2) is 8.54. The number of hydrogen-bond donors (Lipinski definition) is 0. The molecule has 118 valence electrons. The van der Waals surface area contributed by atoms with Gasteiger partial charge in [-0.15, -0.1) is 0 Å². The summed E-state index contributed by atoms with van der Waals surface area (Å²) in [6.07, 6.45) is 2.45. The summed E-state index contributed by atoms with van der Waals surface area (Å²) in [4.78, 5) is 45.6. The van der Waals surface area contributed by atoms with Crippen LogP contribution < -0.4 is 0 Å². The molecule has 6 nitrogen and oxygen atoms in total. The van der Waals surface area contributed by atoms with E-state index in [2.05, 4.69) is 6.92 Å². The molecule has 1 rings (SSSR count). The Morgan fingerprint density at radius 1 is 1.24 bits per heavy atom. The Kier molecular flexibility index (Phi) is 7.05. The molecule has 1 aliphatic carbocycles. The van der Waals surface area contributed by atoms with Crippen molar-refractivity contribution in [1.29, 1.82) is 0 Å². The molecule has 21 heavy (non-hydrogen) atoms. The van der Waals surface area contributed by atoms with E-state index in [1.165, 1.54) is 6.92 Å². The third-order valence-corrected chi connectivity index (χ3v) is 3.47. The summed E-state index contributed by atoms with van der Waals surface area (Å²) in [5.74, 6) is -2.33. The second-order valence-electron chi connectivity index (χ2n) is 5.25. The van der Waals surface area contributed by atoms with Crippen LogP contribution in [0.15, 0.2) is 0 Å². The van der Waals surface area contributed by atoms with Crippen LogP contribution in [0.5, 0.6) is 0 Å². The number of ether oxygens (including phenoxy) is 2. The standard InChI is InChI=1S/C15H22O6/c1-3-4-5-6-7-14(19)21-15-11(9-16)13(8-12(15)18)20-10(2)17/h9,11,13,15H,3-8H2,1-2H3. The van der Waals surface area contributed by atoms with Crippen molar-refractivity contribution in [3.8, 4) is 0 Å². The maximum atomic E-state index is 11.8. The predicted octanol–water partition coefficient (Wildman–Crippen LogP) is 1.59. The Balaban J connectivity index is 2.52. The topological polar surface area (TPSA) is 86.7 Å². The van der Waals surface area contributed by atoms with Crippen molar-refractivity contribution in [2.75, 3.05) is 0 Å². The normalized spacial score (nSPS) is 24.7. The summed E-state index contributed by atoms with van der Waals surface area (Å²) in [5.41, 5.74) is 0.